The van der Waals surface area contributed by atoms with Gasteiger partial charge in [-0.05, 0) is 0 Å². The third kappa shape index (κ3) is 3.94. The van der Waals surface area contributed by atoms with Crippen molar-refractivity contribution in [3.05, 3.63) is 11.8 Å². The second kappa shape index (κ2) is 5.04. The maximum Gasteiger partial charge on any atom is 0.405 e. The number of aryl methyl sites for hydroxylation is 1. The van der Waals surface area contributed by atoms with E-state index in [-0.39, 0.29) is 12.4 Å². The number of amides is 2. The number of carbonyl (C=O) groups is 1. The van der Waals surface area contributed by atoms with Crippen molar-refractivity contribution in [1.82, 2.24) is 15.1 Å². The monoisotopic (exact) mass is 251 g/mol. The Morgan fingerprint density at radius 2 is 2.24 bits per heavy atom. The fourth-order valence-corrected chi connectivity index (χ4v) is 1.13. The van der Waals surface area contributed by atoms with Crippen LogP contribution in [0, 0.1) is 0 Å². The lowest BCUT2D eigenvalue weighted by Crippen LogP contribution is -2.37. The van der Waals surface area contributed by atoms with Gasteiger partial charge < -0.3 is 11.1 Å². The van der Waals surface area contributed by atoms with E-state index in [1.165, 1.54) is 10.9 Å². The molecule has 1 aromatic rings. The van der Waals surface area contributed by atoms with Gasteiger partial charge in [0.1, 0.15) is 12.4 Å². The summed E-state index contributed by atoms with van der Waals surface area (Å²) in [5.41, 5.74) is 5.91. The van der Waals surface area contributed by atoms with E-state index in [9.17, 15) is 18.0 Å². The molecule has 4 N–H and O–H groups in total. The van der Waals surface area contributed by atoms with Crippen LogP contribution in [-0.4, -0.2) is 28.5 Å². The number of nitrogens with zero attached hydrogens (tertiary/aromatic N) is 2. The molecular weight excluding hydrogens is 239 g/mol. The number of alkyl halides is 3. The van der Waals surface area contributed by atoms with Crippen LogP contribution >= 0.6 is 0 Å². The van der Waals surface area contributed by atoms with Crippen LogP contribution in [0.1, 0.15) is 5.56 Å². The molecule has 0 saturated carbocycles. The number of hydrogen-bond acceptors (Lipinski definition) is 3. The topological polar surface area (TPSA) is 85.0 Å². The lowest BCUT2D eigenvalue weighted by Gasteiger charge is -2.10. The zero-order chi connectivity index (χ0) is 13.1. The fourth-order valence-electron chi connectivity index (χ4n) is 1.13. The first kappa shape index (κ1) is 13.3. The van der Waals surface area contributed by atoms with Crippen LogP contribution in [-0.2, 0) is 13.6 Å². The summed E-state index contributed by atoms with van der Waals surface area (Å²) < 4.78 is 36.8. The summed E-state index contributed by atoms with van der Waals surface area (Å²) in [4.78, 5) is 11.2. The predicted octanol–water partition coefficient (Wildman–Crippen LogP) is 0.563. The van der Waals surface area contributed by atoms with E-state index in [1.807, 2.05) is 0 Å². The number of nitrogens with two attached hydrogens (primary N) is 1. The molecule has 0 aliphatic heterocycles. The number of halogens is 3. The van der Waals surface area contributed by atoms with Gasteiger partial charge in [0, 0.05) is 19.2 Å². The molecule has 0 bridgehead atoms. The Kier molecular flexibility index (Phi) is 3.94. The largest absolute Gasteiger partial charge is 0.405 e. The first-order valence-electron chi connectivity index (χ1n) is 4.66. The van der Waals surface area contributed by atoms with E-state index < -0.39 is 18.8 Å². The number of carbonyl (C=O) groups excluding carboxylic acids is 1. The number of rotatable bonds is 3. The Labute approximate surface area is 95.0 Å². The van der Waals surface area contributed by atoms with Gasteiger partial charge in [-0.2, -0.15) is 18.3 Å². The molecule has 0 unspecified atom stereocenters. The van der Waals surface area contributed by atoms with E-state index in [0.29, 0.717) is 5.56 Å². The summed E-state index contributed by atoms with van der Waals surface area (Å²) in [5, 5.41) is 7.76. The highest BCUT2D eigenvalue weighted by Crippen LogP contribution is 2.14. The number of anilines is 1. The molecule has 1 heterocycles. The molecule has 9 heteroatoms. The highest BCUT2D eigenvalue weighted by atomic mass is 19.4. The molecule has 0 fully saturated rings. The van der Waals surface area contributed by atoms with Crippen LogP contribution in [0.2, 0.25) is 0 Å². The molecule has 0 aromatic carbocycles. The average molecular weight is 251 g/mol. The molecule has 0 saturated heterocycles. The van der Waals surface area contributed by atoms with Crippen molar-refractivity contribution >= 4 is 11.8 Å². The molecule has 6 nitrogen and oxygen atoms in total. The highest BCUT2D eigenvalue weighted by Gasteiger charge is 2.27. The zero-order valence-corrected chi connectivity index (χ0v) is 9.01. The number of urea groups is 1. The summed E-state index contributed by atoms with van der Waals surface area (Å²) in [6.07, 6.45) is -3.01. The molecule has 2 amide bonds. The van der Waals surface area contributed by atoms with E-state index >= 15 is 0 Å². The van der Waals surface area contributed by atoms with Gasteiger partial charge in [-0.15, -0.1) is 0 Å². The molecule has 1 aromatic heterocycles. The van der Waals surface area contributed by atoms with Crippen molar-refractivity contribution in [2.75, 3.05) is 11.9 Å². The van der Waals surface area contributed by atoms with Gasteiger partial charge in [-0.25, -0.2) is 4.79 Å². The number of aromatic nitrogens is 2. The van der Waals surface area contributed by atoms with Crippen LogP contribution < -0.4 is 16.4 Å². The Hall–Kier alpha value is -1.77. The van der Waals surface area contributed by atoms with E-state index in [4.69, 9.17) is 5.73 Å². The average Bonchev–Trinajstić information content (AvgIpc) is 2.56. The summed E-state index contributed by atoms with van der Waals surface area (Å²) in [6.45, 7) is -1.27. The normalized spacial score (nSPS) is 11.4. The minimum Gasteiger partial charge on any atom is -0.329 e. The molecular formula is C8H12F3N5O. The van der Waals surface area contributed by atoms with Crippen LogP contribution in [0.5, 0.6) is 0 Å². The van der Waals surface area contributed by atoms with Gasteiger partial charge in [0.05, 0.1) is 6.20 Å². The highest BCUT2D eigenvalue weighted by molar-refractivity contribution is 5.89. The predicted molar refractivity (Wildman–Crippen MR) is 54.2 cm³/mol. The number of nitrogens with one attached hydrogen (secondary N) is 2. The minimum absolute atomic E-state index is 0.128. The maximum atomic E-state index is 11.8. The molecule has 0 aliphatic rings. The second-order valence-corrected chi connectivity index (χ2v) is 3.27. The van der Waals surface area contributed by atoms with E-state index in [1.54, 1.807) is 12.4 Å². The van der Waals surface area contributed by atoms with E-state index in [0.717, 1.165) is 0 Å². The molecule has 96 valence electrons. The van der Waals surface area contributed by atoms with Crippen LogP contribution in [0.15, 0.2) is 6.20 Å². The van der Waals surface area contributed by atoms with Crippen molar-refractivity contribution in [2.24, 2.45) is 12.8 Å². The fraction of sp³-hybridized carbons (Fsp3) is 0.500. The van der Waals surface area contributed by atoms with Crippen LogP contribution in [0.25, 0.3) is 0 Å². The van der Waals surface area contributed by atoms with Crippen molar-refractivity contribution in [2.45, 2.75) is 12.7 Å². The molecule has 0 spiro atoms. The van der Waals surface area contributed by atoms with Gasteiger partial charge in [0.2, 0.25) is 0 Å². The molecule has 17 heavy (non-hydrogen) atoms. The Balaban J connectivity index is 2.59. The quantitative estimate of drug-likeness (QED) is 0.733. The summed E-state index contributed by atoms with van der Waals surface area (Å²) in [5.74, 6) is 0.271. The third-order valence-electron chi connectivity index (χ3n) is 1.92. The summed E-state index contributed by atoms with van der Waals surface area (Å²) in [7, 11) is 1.54. The lowest BCUT2D eigenvalue weighted by molar-refractivity contribution is -0.122. The van der Waals surface area contributed by atoms with Gasteiger partial charge in [0.25, 0.3) is 0 Å². The van der Waals surface area contributed by atoms with Crippen molar-refractivity contribution in [3.8, 4) is 0 Å². The first-order chi connectivity index (χ1) is 7.83. The van der Waals surface area contributed by atoms with Gasteiger partial charge in [-0.1, -0.05) is 0 Å². The van der Waals surface area contributed by atoms with E-state index in [2.05, 4.69) is 10.4 Å². The molecule has 0 radical (unpaired) electrons. The van der Waals surface area contributed by atoms with Crippen LogP contribution in [0.4, 0.5) is 23.8 Å². The van der Waals surface area contributed by atoms with Gasteiger partial charge in [0.15, 0.2) is 0 Å². The standard InChI is InChI=1S/C8H12F3N5O/c1-16-6(5(2-12)3-14-16)15-7(17)13-4-8(9,10)11/h3H,2,4,12H2,1H3,(H2,13,15,17). The zero-order valence-electron chi connectivity index (χ0n) is 9.01. The molecule has 0 aliphatic carbocycles. The number of hydrogen-bond donors (Lipinski definition) is 3. The van der Waals surface area contributed by atoms with Crippen LogP contribution in [0.3, 0.4) is 0 Å². The Bertz CT molecular complexity index is 400. The minimum atomic E-state index is -4.44. The lowest BCUT2D eigenvalue weighted by atomic mass is 10.3. The smallest absolute Gasteiger partial charge is 0.329 e. The van der Waals surface area contributed by atoms with Gasteiger partial charge >= 0.3 is 12.2 Å². The molecule has 0 atom stereocenters. The third-order valence-corrected chi connectivity index (χ3v) is 1.92. The van der Waals surface area contributed by atoms with Gasteiger partial charge in [-0.3, -0.25) is 10.00 Å². The van der Waals surface area contributed by atoms with Crippen molar-refractivity contribution < 1.29 is 18.0 Å². The maximum absolute atomic E-state index is 11.8. The Morgan fingerprint density at radius 1 is 1.59 bits per heavy atom. The summed E-state index contributed by atoms with van der Waals surface area (Å²) >= 11 is 0. The molecule has 1 rings (SSSR count). The summed E-state index contributed by atoms with van der Waals surface area (Å²) in [6, 6.07) is -0.958. The Morgan fingerprint density at radius 3 is 2.76 bits per heavy atom. The van der Waals surface area contributed by atoms with Crippen molar-refractivity contribution in [1.29, 1.82) is 0 Å². The van der Waals surface area contributed by atoms with Crippen molar-refractivity contribution in [3.63, 3.8) is 0 Å². The first-order valence-corrected chi connectivity index (χ1v) is 4.66. The second-order valence-electron chi connectivity index (χ2n) is 3.27. The SMILES string of the molecule is Cn1ncc(CN)c1NC(=O)NCC(F)(F)F.